The Morgan fingerprint density at radius 1 is 1.24 bits per heavy atom. The number of likely N-dealkylation sites (N-methyl/N-ethyl adjacent to an activating group) is 1. The SMILES string of the molecule is CCN[C@H](C)CNC(=O)CNS(=O)(=O)CCOC(C)C.Cl. The summed E-state index contributed by atoms with van der Waals surface area (Å²) >= 11 is 0. The summed E-state index contributed by atoms with van der Waals surface area (Å²) in [6, 6.07) is 0.153. The zero-order chi connectivity index (χ0) is 15.6. The maximum Gasteiger partial charge on any atom is 0.235 e. The molecule has 0 aromatic rings. The molecular weight excluding hydrogens is 318 g/mol. The van der Waals surface area contributed by atoms with Crippen molar-refractivity contribution in [3.05, 3.63) is 0 Å². The highest BCUT2D eigenvalue weighted by molar-refractivity contribution is 7.89. The highest BCUT2D eigenvalue weighted by Crippen LogP contribution is 1.90. The Hall–Kier alpha value is -0.410. The van der Waals surface area contributed by atoms with E-state index in [1.165, 1.54) is 0 Å². The molecule has 0 unspecified atom stereocenters. The molecule has 21 heavy (non-hydrogen) atoms. The Balaban J connectivity index is 0. The standard InChI is InChI=1S/C12H27N3O4S.ClH/c1-5-13-11(4)8-14-12(16)9-15-20(17,18)7-6-19-10(2)3;/h10-11,13,15H,5-9H2,1-4H3,(H,14,16);1H/t11-;/m1./s1. The van der Waals surface area contributed by atoms with E-state index in [-0.39, 0.29) is 49.4 Å². The fourth-order valence-electron chi connectivity index (χ4n) is 1.39. The van der Waals surface area contributed by atoms with Crippen molar-refractivity contribution >= 4 is 28.3 Å². The Bertz CT molecular complexity index is 377. The van der Waals surface area contributed by atoms with Crippen molar-refractivity contribution in [3.8, 4) is 0 Å². The fourth-order valence-corrected chi connectivity index (χ4v) is 2.20. The van der Waals surface area contributed by atoms with Gasteiger partial charge in [0.05, 0.1) is 25.0 Å². The van der Waals surface area contributed by atoms with Crippen LogP contribution in [0.15, 0.2) is 0 Å². The number of carbonyl (C=O) groups excluding carboxylic acids is 1. The molecule has 0 aromatic heterocycles. The first kappa shape index (κ1) is 22.9. The average molecular weight is 346 g/mol. The summed E-state index contributed by atoms with van der Waals surface area (Å²) in [5.41, 5.74) is 0. The molecule has 0 saturated carbocycles. The van der Waals surface area contributed by atoms with Crippen molar-refractivity contribution in [2.24, 2.45) is 0 Å². The van der Waals surface area contributed by atoms with Crippen molar-refractivity contribution in [1.29, 1.82) is 0 Å². The van der Waals surface area contributed by atoms with Gasteiger partial charge in [0.15, 0.2) is 0 Å². The third-order valence-electron chi connectivity index (χ3n) is 2.41. The second-order valence-electron chi connectivity index (χ2n) is 4.82. The van der Waals surface area contributed by atoms with Gasteiger partial charge in [-0.3, -0.25) is 4.79 Å². The van der Waals surface area contributed by atoms with E-state index in [1.807, 2.05) is 27.7 Å². The number of nitrogens with one attached hydrogen (secondary N) is 3. The Kier molecular flexibility index (Phi) is 13.2. The molecule has 0 aliphatic carbocycles. The molecule has 7 nitrogen and oxygen atoms in total. The maximum absolute atomic E-state index is 11.6. The Morgan fingerprint density at radius 3 is 2.38 bits per heavy atom. The maximum atomic E-state index is 11.6. The summed E-state index contributed by atoms with van der Waals surface area (Å²) in [7, 11) is -3.47. The summed E-state index contributed by atoms with van der Waals surface area (Å²) in [5.74, 6) is -0.491. The molecule has 0 aromatic carbocycles. The topological polar surface area (TPSA) is 96.5 Å². The lowest BCUT2D eigenvalue weighted by Crippen LogP contribution is -2.43. The molecule has 0 aliphatic heterocycles. The molecule has 9 heteroatoms. The summed E-state index contributed by atoms with van der Waals surface area (Å²) in [5, 5.41) is 5.80. The van der Waals surface area contributed by atoms with E-state index in [1.54, 1.807) is 0 Å². The van der Waals surface area contributed by atoms with Gasteiger partial charge in [-0.05, 0) is 27.3 Å². The van der Waals surface area contributed by atoms with E-state index >= 15 is 0 Å². The first-order valence-electron chi connectivity index (χ1n) is 6.85. The summed E-state index contributed by atoms with van der Waals surface area (Å²) in [6.45, 7) is 8.74. The molecule has 0 heterocycles. The van der Waals surface area contributed by atoms with Crippen LogP contribution in [0.3, 0.4) is 0 Å². The van der Waals surface area contributed by atoms with Crippen LogP contribution in [0, 0.1) is 0 Å². The van der Waals surface area contributed by atoms with Crippen LogP contribution in [-0.2, 0) is 19.6 Å². The summed E-state index contributed by atoms with van der Waals surface area (Å²) in [6.07, 6.45) is -0.0129. The number of halogens is 1. The van der Waals surface area contributed by atoms with Gasteiger partial charge in [-0.1, -0.05) is 6.92 Å². The predicted octanol–water partition coefficient (Wildman–Crippen LogP) is -0.133. The first-order valence-corrected chi connectivity index (χ1v) is 8.51. The number of hydrogen-bond acceptors (Lipinski definition) is 5. The monoisotopic (exact) mass is 345 g/mol. The van der Waals surface area contributed by atoms with E-state index in [9.17, 15) is 13.2 Å². The van der Waals surface area contributed by atoms with Crippen molar-refractivity contribution in [3.63, 3.8) is 0 Å². The quantitative estimate of drug-likeness (QED) is 0.484. The zero-order valence-corrected chi connectivity index (χ0v) is 14.8. The minimum Gasteiger partial charge on any atom is -0.378 e. The molecule has 0 rings (SSSR count). The van der Waals surface area contributed by atoms with E-state index in [0.717, 1.165) is 6.54 Å². The van der Waals surface area contributed by atoms with E-state index in [0.29, 0.717) is 6.54 Å². The van der Waals surface area contributed by atoms with Gasteiger partial charge in [-0.25, -0.2) is 13.1 Å². The molecule has 128 valence electrons. The van der Waals surface area contributed by atoms with E-state index in [4.69, 9.17) is 4.74 Å². The minimum absolute atomic E-state index is 0. The van der Waals surface area contributed by atoms with E-state index in [2.05, 4.69) is 15.4 Å². The Morgan fingerprint density at radius 2 is 1.86 bits per heavy atom. The van der Waals surface area contributed by atoms with Gasteiger partial charge in [-0.15, -0.1) is 12.4 Å². The van der Waals surface area contributed by atoms with Gasteiger partial charge in [0.2, 0.25) is 15.9 Å². The van der Waals surface area contributed by atoms with Gasteiger partial charge in [0.1, 0.15) is 0 Å². The van der Waals surface area contributed by atoms with Crippen LogP contribution in [0.5, 0.6) is 0 Å². The zero-order valence-electron chi connectivity index (χ0n) is 13.1. The molecule has 0 spiro atoms. The predicted molar refractivity (Wildman–Crippen MR) is 86.3 cm³/mol. The van der Waals surface area contributed by atoms with Crippen LogP contribution < -0.4 is 15.4 Å². The van der Waals surface area contributed by atoms with E-state index < -0.39 is 10.0 Å². The number of ether oxygens (including phenoxy) is 1. The lowest BCUT2D eigenvalue weighted by atomic mass is 10.3. The van der Waals surface area contributed by atoms with Gasteiger partial charge in [0.25, 0.3) is 0 Å². The molecule has 0 radical (unpaired) electrons. The minimum atomic E-state index is -3.47. The molecule has 0 bridgehead atoms. The normalized spacial score (nSPS) is 12.8. The van der Waals surface area contributed by atoms with Crippen LogP contribution in [0.2, 0.25) is 0 Å². The number of rotatable bonds is 11. The number of sulfonamides is 1. The average Bonchev–Trinajstić information content (AvgIpc) is 2.33. The third-order valence-corrected chi connectivity index (χ3v) is 3.70. The lowest BCUT2D eigenvalue weighted by Gasteiger charge is -2.13. The highest BCUT2D eigenvalue weighted by atomic mass is 35.5. The molecule has 0 fully saturated rings. The highest BCUT2D eigenvalue weighted by Gasteiger charge is 2.13. The molecule has 3 N–H and O–H groups in total. The van der Waals surface area contributed by atoms with Crippen molar-refractivity contribution < 1.29 is 17.9 Å². The number of amides is 1. The first-order chi connectivity index (χ1) is 9.26. The Labute approximate surface area is 134 Å². The molecule has 1 atom stereocenters. The van der Waals surface area contributed by atoms with Crippen LogP contribution >= 0.6 is 12.4 Å². The molecule has 0 aliphatic rings. The fraction of sp³-hybridized carbons (Fsp3) is 0.917. The van der Waals surface area contributed by atoms with Crippen molar-refractivity contribution in [1.82, 2.24) is 15.4 Å². The largest absolute Gasteiger partial charge is 0.378 e. The van der Waals surface area contributed by atoms with Gasteiger partial charge < -0.3 is 15.4 Å². The van der Waals surface area contributed by atoms with Crippen LogP contribution in [-0.4, -0.2) is 58.5 Å². The second-order valence-corrected chi connectivity index (χ2v) is 6.75. The van der Waals surface area contributed by atoms with Crippen LogP contribution in [0.1, 0.15) is 27.7 Å². The number of hydrogen-bond donors (Lipinski definition) is 3. The molecular formula is C12H28ClN3O4S. The van der Waals surface area contributed by atoms with Crippen LogP contribution in [0.25, 0.3) is 0 Å². The van der Waals surface area contributed by atoms with Crippen LogP contribution in [0.4, 0.5) is 0 Å². The number of carbonyl (C=O) groups is 1. The van der Waals surface area contributed by atoms with Gasteiger partial charge in [0, 0.05) is 12.6 Å². The molecule has 0 saturated heterocycles. The van der Waals surface area contributed by atoms with Gasteiger partial charge in [-0.2, -0.15) is 0 Å². The van der Waals surface area contributed by atoms with Crippen molar-refractivity contribution in [2.45, 2.75) is 39.8 Å². The van der Waals surface area contributed by atoms with Crippen molar-refractivity contribution in [2.75, 3.05) is 32.0 Å². The summed E-state index contributed by atoms with van der Waals surface area (Å²) in [4.78, 5) is 11.5. The second kappa shape index (κ2) is 12.2. The van der Waals surface area contributed by atoms with Gasteiger partial charge >= 0.3 is 0 Å². The molecule has 1 amide bonds. The lowest BCUT2D eigenvalue weighted by molar-refractivity contribution is -0.120. The third kappa shape index (κ3) is 14.3. The smallest absolute Gasteiger partial charge is 0.235 e. The summed E-state index contributed by atoms with van der Waals surface area (Å²) < 4.78 is 30.6.